The molecule has 2 rings (SSSR count). The van der Waals surface area contributed by atoms with Crippen molar-refractivity contribution < 1.29 is 4.39 Å². The molecule has 0 radical (unpaired) electrons. The van der Waals surface area contributed by atoms with Gasteiger partial charge in [0.2, 0.25) is 0 Å². The third-order valence-electron chi connectivity index (χ3n) is 2.14. The van der Waals surface area contributed by atoms with E-state index in [9.17, 15) is 4.39 Å². The van der Waals surface area contributed by atoms with E-state index in [4.69, 9.17) is 5.73 Å². The van der Waals surface area contributed by atoms with Gasteiger partial charge in [-0.25, -0.2) is 9.37 Å². The summed E-state index contributed by atoms with van der Waals surface area (Å²) in [7, 11) is 0. The molecule has 2 heterocycles. The number of hydrogen-bond acceptors (Lipinski definition) is 3. The van der Waals surface area contributed by atoms with Crippen LogP contribution in [0, 0.1) is 5.82 Å². The molecule has 0 aliphatic rings. The van der Waals surface area contributed by atoms with Crippen LogP contribution in [-0.4, -0.2) is 14.5 Å². The number of rotatable bonds is 2. The van der Waals surface area contributed by atoms with Gasteiger partial charge in [0.15, 0.2) is 5.82 Å². The Morgan fingerprint density at radius 2 is 2.20 bits per heavy atom. The van der Waals surface area contributed by atoms with Gasteiger partial charge in [-0.1, -0.05) is 0 Å². The average molecular weight is 206 g/mol. The third kappa shape index (κ3) is 1.73. The molecule has 0 saturated carbocycles. The van der Waals surface area contributed by atoms with Crippen molar-refractivity contribution in [2.45, 2.75) is 13.0 Å². The zero-order valence-electron chi connectivity index (χ0n) is 8.26. The second-order valence-electron chi connectivity index (χ2n) is 3.30. The molecule has 4 nitrogen and oxygen atoms in total. The van der Waals surface area contributed by atoms with Crippen LogP contribution >= 0.6 is 0 Å². The molecule has 1 atom stereocenters. The fraction of sp³-hybridized carbons (Fsp3) is 0.200. The van der Waals surface area contributed by atoms with E-state index in [-0.39, 0.29) is 6.04 Å². The minimum absolute atomic E-state index is 0.194. The summed E-state index contributed by atoms with van der Waals surface area (Å²) < 4.78 is 15.1. The molecular weight excluding hydrogens is 195 g/mol. The van der Waals surface area contributed by atoms with Crippen LogP contribution in [0.25, 0.3) is 5.69 Å². The molecule has 0 bridgehead atoms. The lowest BCUT2D eigenvalue weighted by atomic mass is 10.2. The van der Waals surface area contributed by atoms with Crippen molar-refractivity contribution in [3.63, 3.8) is 0 Å². The molecule has 0 saturated heterocycles. The SMILES string of the molecule is C[C@@H](N)c1cncn1-c1ccncc1F. The molecule has 0 aliphatic carbocycles. The van der Waals surface area contributed by atoms with Crippen LogP contribution in [0.4, 0.5) is 4.39 Å². The van der Waals surface area contributed by atoms with Crippen LogP contribution in [0.15, 0.2) is 31.0 Å². The maximum absolute atomic E-state index is 13.4. The summed E-state index contributed by atoms with van der Waals surface area (Å²) in [5.41, 5.74) is 6.92. The van der Waals surface area contributed by atoms with E-state index in [2.05, 4.69) is 9.97 Å². The summed E-state index contributed by atoms with van der Waals surface area (Å²) in [4.78, 5) is 7.65. The van der Waals surface area contributed by atoms with Crippen LogP contribution in [0.2, 0.25) is 0 Å². The number of nitrogens with two attached hydrogens (primary N) is 1. The molecule has 0 aromatic carbocycles. The fourth-order valence-electron chi connectivity index (χ4n) is 1.41. The van der Waals surface area contributed by atoms with Crippen molar-refractivity contribution in [2.75, 3.05) is 0 Å². The molecule has 78 valence electrons. The molecule has 0 aliphatic heterocycles. The molecule has 0 fully saturated rings. The van der Waals surface area contributed by atoms with E-state index in [1.165, 1.54) is 18.7 Å². The van der Waals surface area contributed by atoms with Gasteiger partial charge in [0, 0.05) is 12.2 Å². The molecular formula is C10H11FN4. The molecule has 2 N–H and O–H groups in total. The van der Waals surface area contributed by atoms with Crippen molar-refractivity contribution in [1.29, 1.82) is 0 Å². The van der Waals surface area contributed by atoms with Crippen molar-refractivity contribution in [1.82, 2.24) is 14.5 Å². The summed E-state index contributed by atoms with van der Waals surface area (Å²) in [6, 6.07) is 1.39. The van der Waals surface area contributed by atoms with E-state index in [1.807, 2.05) is 6.92 Å². The first-order chi connectivity index (χ1) is 7.20. The molecule has 2 aromatic heterocycles. The van der Waals surface area contributed by atoms with Crippen molar-refractivity contribution in [3.8, 4) is 5.69 Å². The predicted molar refractivity (Wildman–Crippen MR) is 53.9 cm³/mol. The third-order valence-corrected chi connectivity index (χ3v) is 2.14. The zero-order chi connectivity index (χ0) is 10.8. The first-order valence-corrected chi connectivity index (χ1v) is 4.58. The standard InChI is InChI=1S/C10H11FN4/c1-7(12)10-5-14-6-15(10)9-2-3-13-4-8(9)11/h2-7H,12H2,1H3/t7-/m1/s1. The lowest BCUT2D eigenvalue weighted by molar-refractivity contribution is 0.606. The Morgan fingerprint density at radius 3 is 2.87 bits per heavy atom. The predicted octanol–water partition coefficient (Wildman–Crippen LogP) is 1.43. The van der Waals surface area contributed by atoms with Gasteiger partial charge in [0.05, 0.1) is 30.1 Å². The number of hydrogen-bond donors (Lipinski definition) is 1. The number of pyridine rings is 1. The first kappa shape index (κ1) is 9.79. The Balaban J connectivity index is 2.55. The van der Waals surface area contributed by atoms with E-state index < -0.39 is 5.82 Å². The normalized spacial score (nSPS) is 12.7. The maximum Gasteiger partial charge on any atom is 0.165 e. The number of nitrogens with zero attached hydrogens (tertiary/aromatic N) is 3. The quantitative estimate of drug-likeness (QED) is 0.808. The summed E-state index contributed by atoms with van der Waals surface area (Å²) in [5, 5.41) is 0. The van der Waals surface area contributed by atoms with Gasteiger partial charge >= 0.3 is 0 Å². The Morgan fingerprint density at radius 1 is 1.40 bits per heavy atom. The number of imidazole rings is 1. The highest BCUT2D eigenvalue weighted by molar-refractivity contribution is 5.33. The van der Waals surface area contributed by atoms with E-state index in [1.54, 1.807) is 16.8 Å². The highest BCUT2D eigenvalue weighted by atomic mass is 19.1. The van der Waals surface area contributed by atoms with E-state index in [0.29, 0.717) is 5.69 Å². The van der Waals surface area contributed by atoms with E-state index in [0.717, 1.165) is 5.69 Å². The van der Waals surface area contributed by atoms with Crippen molar-refractivity contribution >= 4 is 0 Å². The zero-order valence-corrected chi connectivity index (χ0v) is 8.26. The van der Waals surface area contributed by atoms with Crippen LogP contribution in [-0.2, 0) is 0 Å². The van der Waals surface area contributed by atoms with Crippen LogP contribution in [0.3, 0.4) is 0 Å². The lowest BCUT2D eigenvalue weighted by Crippen LogP contribution is -2.11. The summed E-state index contributed by atoms with van der Waals surface area (Å²) in [6.45, 7) is 1.83. The van der Waals surface area contributed by atoms with Crippen molar-refractivity contribution in [3.05, 3.63) is 42.5 Å². The summed E-state index contributed by atoms with van der Waals surface area (Å²) in [5.74, 6) is -0.391. The molecule has 0 spiro atoms. The molecule has 0 amide bonds. The smallest absolute Gasteiger partial charge is 0.165 e. The van der Waals surface area contributed by atoms with Crippen molar-refractivity contribution in [2.24, 2.45) is 5.73 Å². The lowest BCUT2D eigenvalue weighted by Gasteiger charge is -2.10. The topological polar surface area (TPSA) is 56.7 Å². The van der Waals surface area contributed by atoms with Crippen LogP contribution in [0.1, 0.15) is 18.7 Å². The monoisotopic (exact) mass is 206 g/mol. The Kier molecular flexibility index (Phi) is 2.47. The molecule has 5 heteroatoms. The highest BCUT2D eigenvalue weighted by Gasteiger charge is 2.11. The summed E-state index contributed by atoms with van der Waals surface area (Å²) >= 11 is 0. The molecule has 2 aromatic rings. The van der Waals surface area contributed by atoms with Crippen LogP contribution in [0.5, 0.6) is 0 Å². The van der Waals surface area contributed by atoms with Crippen LogP contribution < -0.4 is 5.73 Å². The Bertz CT molecular complexity index is 464. The van der Waals surface area contributed by atoms with Gasteiger partial charge in [-0.15, -0.1) is 0 Å². The van der Waals surface area contributed by atoms with E-state index >= 15 is 0 Å². The number of aromatic nitrogens is 3. The Labute approximate surface area is 86.6 Å². The van der Waals surface area contributed by atoms with Gasteiger partial charge in [0.25, 0.3) is 0 Å². The van der Waals surface area contributed by atoms with Gasteiger partial charge in [-0.05, 0) is 13.0 Å². The maximum atomic E-state index is 13.4. The molecule has 0 unspecified atom stereocenters. The number of halogens is 1. The highest BCUT2D eigenvalue weighted by Crippen LogP contribution is 2.17. The van der Waals surface area contributed by atoms with Gasteiger partial charge < -0.3 is 5.73 Å². The molecule has 15 heavy (non-hydrogen) atoms. The first-order valence-electron chi connectivity index (χ1n) is 4.58. The van der Waals surface area contributed by atoms with Gasteiger partial charge in [-0.3, -0.25) is 9.55 Å². The minimum Gasteiger partial charge on any atom is -0.323 e. The largest absolute Gasteiger partial charge is 0.323 e. The fourth-order valence-corrected chi connectivity index (χ4v) is 1.41. The Hall–Kier alpha value is -1.75. The van der Waals surface area contributed by atoms with Gasteiger partial charge in [0.1, 0.15) is 0 Å². The second-order valence-corrected chi connectivity index (χ2v) is 3.30. The average Bonchev–Trinajstić information content (AvgIpc) is 2.67. The second kappa shape index (κ2) is 3.78. The van der Waals surface area contributed by atoms with Gasteiger partial charge in [-0.2, -0.15) is 0 Å². The minimum atomic E-state index is -0.391. The summed E-state index contributed by atoms with van der Waals surface area (Å²) in [6.07, 6.45) is 5.87.